The number of nitrogens with zero attached hydrogens (tertiary/aromatic N) is 2. The summed E-state index contributed by atoms with van der Waals surface area (Å²) in [6, 6.07) is 0. The van der Waals surface area contributed by atoms with Gasteiger partial charge in [-0.3, -0.25) is 0 Å². The van der Waals surface area contributed by atoms with E-state index in [0.717, 1.165) is 0 Å². The van der Waals surface area contributed by atoms with Gasteiger partial charge in [-0.2, -0.15) is 0 Å². The molecule has 0 aromatic heterocycles. The molecule has 7 nitrogen and oxygen atoms in total. The predicted molar refractivity (Wildman–Crippen MR) is 107 cm³/mol. The van der Waals surface area contributed by atoms with Crippen LogP contribution in [0.3, 0.4) is 0 Å². The number of amides is 3. The first-order chi connectivity index (χ1) is 12.2. The van der Waals surface area contributed by atoms with Crippen molar-refractivity contribution in [3.8, 4) is 0 Å². The van der Waals surface area contributed by atoms with Crippen LogP contribution >= 0.6 is 0 Å². The average molecular weight is 656 g/mol. The maximum atomic E-state index is 10.5. The van der Waals surface area contributed by atoms with Crippen molar-refractivity contribution in [2.45, 2.75) is 0 Å². The Morgan fingerprint density at radius 3 is 1.27 bits per heavy atom. The molecule has 0 heterocycles. The maximum Gasteiger partial charge on any atom is 1.00 e. The number of carbonyl (C=O) groups is 4. The first-order valence-electron chi connectivity index (χ1n) is 7.45. The van der Waals surface area contributed by atoms with Crippen LogP contribution in [0.1, 0.15) is 1.43 Å². The molecule has 0 fully saturated rings. The quantitative estimate of drug-likeness (QED) is 0.149. The van der Waals surface area contributed by atoms with Gasteiger partial charge in [-0.05, 0) is 0 Å². The van der Waals surface area contributed by atoms with Crippen molar-refractivity contribution in [1.29, 1.82) is 0 Å². The summed E-state index contributed by atoms with van der Waals surface area (Å²) >= 11 is 0. The van der Waals surface area contributed by atoms with Crippen molar-refractivity contribution < 1.29 is 148 Å². The summed E-state index contributed by atoms with van der Waals surface area (Å²) in [5, 5.41) is 2.35. The molecule has 0 bridgehead atoms. The molecule has 0 rings (SSSR count). The Labute approximate surface area is 283 Å². The van der Waals surface area contributed by atoms with Crippen LogP contribution < -0.4 is 34.9 Å². The SMILES string of the molecule is C=C.C=CCN(C[CH2-])C([CH2-])=O.[CH2-]CN(CC=O)C([CH2-])=O.[CH2-]CNC([CH2-])=O.[H-].[Na+].[Y].[Y].[Y]. The Morgan fingerprint density at radius 1 is 0.867 bits per heavy atom. The van der Waals surface area contributed by atoms with E-state index in [1.165, 1.54) is 9.80 Å². The largest absolute Gasteiger partial charge is 1.00 e. The average Bonchev–Trinajstić information content (AvgIpc) is 2.59. The monoisotopic (exact) mass is 656 g/mol. The maximum absolute atomic E-state index is 10.5. The standard InChI is InChI=1S/C7H11NO.C6H9NO2.C4H7NO.C2H4.Na.3Y.H/c1-4-6-8(5-2)7(3)9;1-3-7(4-5-8)6(2)9;1-3-5-4(2)6;1-2;;;;;/h4H,1-3,5-6H2;5H,1-4H2;1-3H2,(H,5,6);1-2H2;;;;;/q3*-2;;+1;;;;-1. The van der Waals surface area contributed by atoms with E-state index in [0.29, 0.717) is 32.5 Å². The molecule has 0 saturated heterocycles. The molecule has 3 amide bonds. The molecule has 30 heavy (non-hydrogen) atoms. The fraction of sp³-hybridized carbons (Fsp3) is 0.263. The fourth-order valence-electron chi connectivity index (χ4n) is 1.02. The van der Waals surface area contributed by atoms with Gasteiger partial charge in [-0.25, -0.2) is 0 Å². The van der Waals surface area contributed by atoms with Gasteiger partial charge in [-0.15, -0.1) is 39.4 Å². The van der Waals surface area contributed by atoms with Gasteiger partial charge in [-0.1, -0.05) is 6.08 Å². The van der Waals surface area contributed by atoms with Gasteiger partial charge in [0.25, 0.3) is 0 Å². The second-order valence-electron chi connectivity index (χ2n) is 3.98. The Hall–Kier alpha value is 1.48. The minimum Gasteiger partial charge on any atom is -1.00 e. The number of hydrogen-bond acceptors (Lipinski definition) is 4. The zero-order valence-electron chi connectivity index (χ0n) is 19.3. The van der Waals surface area contributed by atoms with Crippen LogP contribution in [0.25, 0.3) is 0 Å². The number of aldehydes is 1. The van der Waals surface area contributed by atoms with Crippen molar-refractivity contribution in [3.63, 3.8) is 0 Å². The third kappa shape index (κ3) is 47.3. The van der Waals surface area contributed by atoms with E-state index < -0.39 is 0 Å². The van der Waals surface area contributed by atoms with E-state index in [4.69, 9.17) is 0 Å². The summed E-state index contributed by atoms with van der Waals surface area (Å²) in [6.45, 7) is 31.0. The molecule has 0 aliphatic carbocycles. The number of hydrogen-bond donors (Lipinski definition) is 1. The molecule has 0 unspecified atom stereocenters. The summed E-state index contributed by atoms with van der Waals surface area (Å²) in [4.78, 5) is 43.2. The molecule has 0 aromatic carbocycles. The normalized spacial score (nSPS) is 6.77. The summed E-state index contributed by atoms with van der Waals surface area (Å²) in [5.41, 5.74) is 0. The molecule has 1 N–H and O–H groups in total. The number of carbonyl (C=O) groups excluding carboxylic acids is 4. The van der Waals surface area contributed by atoms with E-state index in [2.05, 4.69) is 66.6 Å². The van der Waals surface area contributed by atoms with Crippen molar-refractivity contribution in [2.24, 2.45) is 0 Å². The van der Waals surface area contributed by atoms with Crippen LogP contribution in [-0.4, -0.2) is 66.5 Å². The minimum absolute atomic E-state index is 0. The molecular weight excluding hydrogens is 624 g/mol. The van der Waals surface area contributed by atoms with Gasteiger partial charge in [0.1, 0.15) is 6.29 Å². The van der Waals surface area contributed by atoms with Gasteiger partial charge in [0.2, 0.25) is 0 Å². The second-order valence-corrected chi connectivity index (χ2v) is 3.98. The van der Waals surface area contributed by atoms with Crippen LogP contribution in [0, 0.1) is 41.5 Å². The van der Waals surface area contributed by atoms with Crippen LogP contribution in [-0.2, 0) is 117 Å². The minimum atomic E-state index is -0.364. The second kappa shape index (κ2) is 44.2. The van der Waals surface area contributed by atoms with Crippen molar-refractivity contribution >= 4 is 24.0 Å². The molecular formula is C19H32N3NaO4Y3-6. The van der Waals surface area contributed by atoms with Gasteiger partial charge < -0.3 is 77.3 Å². The Bertz CT molecular complexity index is 397. The molecule has 0 aliphatic heterocycles. The number of nitrogens with one attached hydrogen (secondary N) is 1. The molecule has 0 aromatic rings. The van der Waals surface area contributed by atoms with Crippen LogP contribution in [0.15, 0.2) is 25.8 Å². The van der Waals surface area contributed by atoms with Crippen molar-refractivity contribution in [2.75, 3.05) is 32.7 Å². The van der Waals surface area contributed by atoms with Crippen LogP contribution in [0.2, 0.25) is 0 Å². The molecule has 11 heteroatoms. The summed E-state index contributed by atoms with van der Waals surface area (Å²) < 4.78 is 0. The first-order valence-corrected chi connectivity index (χ1v) is 7.45. The Kier molecular flexibility index (Phi) is 78.2. The van der Waals surface area contributed by atoms with E-state index in [1.54, 1.807) is 6.08 Å². The number of rotatable bonds is 7. The Balaban J connectivity index is -0.0000000302. The van der Waals surface area contributed by atoms with Gasteiger partial charge in [0, 0.05) is 105 Å². The van der Waals surface area contributed by atoms with E-state index in [9.17, 15) is 19.2 Å². The molecule has 0 atom stereocenters. The summed E-state index contributed by atoms with van der Waals surface area (Å²) in [5.74, 6) is -0.841. The van der Waals surface area contributed by atoms with E-state index >= 15 is 0 Å². The molecule has 0 aliphatic rings. The molecule has 163 valence electrons. The fourth-order valence-corrected chi connectivity index (χ4v) is 1.02. The topological polar surface area (TPSA) is 86.8 Å². The predicted octanol–water partition coefficient (Wildman–Crippen LogP) is -1.97. The first kappa shape index (κ1) is 53.0. The third-order valence-corrected chi connectivity index (χ3v) is 2.21. The smallest absolute Gasteiger partial charge is 1.00 e. The van der Waals surface area contributed by atoms with Crippen LogP contribution in [0.4, 0.5) is 0 Å². The van der Waals surface area contributed by atoms with Crippen molar-refractivity contribution in [3.05, 3.63) is 67.4 Å². The molecule has 0 spiro atoms. The van der Waals surface area contributed by atoms with Crippen LogP contribution in [0.5, 0.6) is 0 Å². The van der Waals surface area contributed by atoms with Crippen molar-refractivity contribution in [1.82, 2.24) is 15.1 Å². The van der Waals surface area contributed by atoms with Gasteiger partial charge in [0.15, 0.2) is 0 Å². The van der Waals surface area contributed by atoms with Gasteiger partial charge >= 0.3 is 29.6 Å². The van der Waals surface area contributed by atoms with E-state index in [1.807, 2.05) is 0 Å². The third-order valence-electron chi connectivity index (χ3n) is 2.21. The van der Waals surface area contributed by atoms with Gasteiger partial charge in [0.05, 0.1) is 24.3 Å². The molecule has 3 radical (unpaired) electrons. The zero-order valence-corrected chi connectivity index (χ0v) is 28.8. The zero-order chi connectivity index (χ0) is 21.5. The summed E-state index contributed by atoms with van der Waals surface area (Å²) in [6.07, 6.45) is 2.29. The summed E-state index contributed by atoms with van der Waals surface area (Å²) in [7, 11) is 0. The molecule has 0 saturated carbocycles. The Morgan fingerprint density at radius 2 is 1.20 bits per heavy atom. The van der Waals surface area contributed by atoms with E-state index in [-0.39, 0.29) is 153 Å².